The van der Waals surface area contributed by atoms with E-state index in [0.717, 1.165) is 13.0 Å². The Morgan fingerprint density at radius 3 is 2.29 bits per heavy atom. The standard InChI is InChI=1S/C4H8FN.ClH/c5-3-4-1-2-6-4;/h4,6H,1-3H2;1H/t4-;/m0./s1. The molecule has 1 heterocycles. The number of rotatable bonds is 1. The van der Waals surface area contributed by atoms with Gasteiger partial charge in [-0.3, -0.25) is 0 Å². The molecule has 0 saturated carbocycles. The minimum atomic E-state index is -0.194. The van der Waals surface area contributed by atoms with Gasteiger partial charge in [0.15, 0.2) is 0 Å². The van der Waals surface area contributed by atoms with Gasteiger partial charge in [-0.05, 0) is 13.0 Å². The summed E-state index contributed by atoms with van der Waals surface area (Å²) >= 11 is 0. The monoisotopic (exact) mass is 125 g/mol. The summed E-state index contributed by atoms with van der Waals surface area (Å²) < 4.78 is 11.4. The van der Waals surface area contributed by atoms with Crippen LogP contribution in [0.15, 0.2) is 0 Å². The third-order valence-corrected chi connectivity index (χ3v) is 1.11. The maximum absolute atomic E-state index is 11.4. The molecule has 0 radical (unpaired) electrons. The van der Waals surface area contributed by atoms with Crippen molar-refractivity contribution in [2.45, 2.75) is 12.5 Å². The molecule has 1 aliphatic heterocycles. The second kappa shape index (κ2) is 3.22. The number of hydrogen-bond acceptors (Lipinski definition) is 1. The lowest BCUT2D eigenvalue weighted by Crippen LogP contribution is -2.44. The summed E-state index contributed by atoms with van der Waals surface area (Å²) in [6.45, 7) is 0.814. The Hall–Kier alpha value is 0.180. The highest BCUT2D eigenvalue weighted by molar-refractivity contribution is 5.85. The van der Waals surface area contributed by atoms with Crippen LogP contribution >= 0.6 is 12.4 Å². The van der Waals surface area contributed by atoms with E-state index < -0.39 is 0 Å². The molecule has 3 heteroatoms. The number of nitrogens with one attached hydrogen (secondary N) is 1. The summed E-state index contributed by atoms with van der Waals surface area (Å²) in [6.07, 6.45) is 1.02. The first-order valence-electron chi connectivity index (χ1n) is 2.23. The first kappa shape index (κ1) is 7.18. The molecule has 1 aliphatic rings. The number of alkyl halides is 1. The molecule has 0 aromatic rings. The summed E-state index contributed by atoms with van der Waals surface area (Å²) in [4.78, 5) is 0. The Balaban J connectivity index is 0.000000360. The lowest BCUT2D eigenvalue weighted by Gasteiger charge is -2.23. The van der Waals surface area contributed by atoms with Gasteiger partial charge in [0.05, 0.1) is 0 Å². The molecule has 0 amide bonds. The predicted molar refractivity (Wildman–Crippen MR) is 29.6 cm³/mol. The van der Waals surface area contributed by atoms with Crippen molar-refractivity contribution in [3.05, 3.63) is 0 Å². The van der Waals surface area contributed by atoms with E-state index in [1.54, 1.807) is 0 Å². The molecule has 44 valence electrons. The summed E-state index contributed by atoms with van der Waals surface area (Å²) in [5, 5.41) is 2.92. The van der Waals surface area contributed by atoms with Crippen molar-refractivity contribution in [3.63, 3.8) is 0 Å². The van der Waals surface area contributed by atoms with Gasteiger partial charge < -0.3 is 5.32 Å². The van der Waals surface area contributed by atoms with Crippen molar-refractivity contribution in [1.29, 1.82) is 0 Å². The van der Waals surface area contributed by atoms with Crippen molar-refractivity contribution < 1.29 is 4.39 Å². The second-order valence-electron chi connectivity index (χ2n) is 1.59. The largest absolute Gasteiger partial charge is 0.311 e. The molecular weight excluding hydrogens is 117 g/mol. The average molecular weight is 126 g/mol. The van der Waals surface area contributed by atoms with Crippen LogP contribution in [0.4, 0.5) is 4.39 Å². The molecule has 7 heavy (non-hydrogen) atoms. The molecule has 0 spiro atoms. The molecule has 0 unspecified atom stereocenters. The first-order chi connectivity index (χ1) is 2.93. The van der Waals surface area contributed by atoms with Crippen LogP contribution in [-0.2, 0) is 0 Å². The van der Waals surface area contributed by atoms with E-state index in [9.17, 15) is 4.39 Å². The summed E-state index contributed by atoms with van der Waals surface area (Å²) in [7, 11) is 0. The molecule has 1 nitrogen and oxygen atoms in total. The number of halogens is 2. The van der Waals surface area contributed by atoms with Gasteiger partial charge >= 0.3 is 0 Å². The molecule has 1 N–H and O–H groups in total. The van der Waals surface area contributed by atoms with Gasteiger partial charge in [-0.25, -0.2) is 4.39 Å². The Kier molecular flexibility index (Phi) is 3.30. The van der Waals surface area contributed by atoms with Crippen LogP contribution in [0.5, 0.6) is 0 Å². The molecule has 0 aromatic carbocycles. The van der Waals surface area contributed by atoms with Crippen molar-refractivity contribution in [3.8, 4) is 0 Å². The maximum Gasteiger partial charge on any atom is 0.105 e. The lowest BCUT2D eigenvalue weighted by atomic mass is 10.1. The molecule has 1 atom stereocenters. The first-order valence-corrected chi connectivity index (χ1v) is 2.23. The quantitative estimate of drug-likeness (QED) is 0.545. The van der Waals surface area contributed by atoms with Crippen LogP contribution in [0.25, 0.3) is 0 Å². The number of hydrogen-bond donors (Lipinski definition) is 1. The van der Waals surface area contributed by atoms with Crippen LogP contribution in [0, 0.1) is 0 Å². The van der Waals surface area contributed by atoms with E-state index in [-0.39, 0.29) is 25.1 Å². The summed E-state index contributed by atoms with van der Waals surface area (Å²) in [6, 6.07) is 0.199. The molecule has 1 rings (SSSR count). The Labute approximate surface area is 48.7 Å². The van der Waals surface area contributed by atoms with E-state index in [1.165, 1.54) is 0 Å². The van der Waals surface area contributed by atoms with Crippen LogP contribution in [0.3, 0.4) is 0 Å². The van der Waals surface area contributed by atoms with Gasteiger partial charge in [0.2, 0.25) is 0 Å². The second-order valence-corrected chi connectivity index (χ2v) is 1.59. The van der Waals surface area contributed by atoms with Crippen LogP contribution in [0.2, 0.25) is 0 Å². The lowest BCUT2D eigenvalue weighted by molar-refractivity contribution is 0.291. The van der Waals surface area contributed by atoms with Crippen molar-refractivity contribution in [1.82, 2.24) is 5.32 Å². The van der Waals surface area contributed by atoms with E-state index in [1.807, 2.05) is 0 Å². The maximum atomic E-state index is 11.4. The smallest absolute Gasteiger partial charge is 0.105 e. The van der Waals surface area contributed by atoms with Gasteiger partial charge in [0, 0.05) is 6.04 Å². The van der Waals surface area contributed by atoms with Crippen molar-refractivity contribution in [2.75, 3.05) is 13.2 Å². The Bertz CT molecular complexity index is 44.2. The van der Waals surface area contributed by atoms with Crippen molar-refractivity contribution in [2.24, 2.45) is 0 Å². The minimum Gasteiger partial charge on any atom is -0.311 e. The normalized spacial score (nSPS) is 27.9. The third kappa shape index (κ3) is 1.61. The Morgan fingerprint density at radius 1 is 1.71 bits per heavy atom. The van der Waals surface area contributed by atoms with Gasteiger partial charge in [0.1, 0.15) is 6.67 Å². The third-order valence-electron chi connectivity index (χ3n) is 1.11. The SMILES string of the molecule is Cl.FC[C@@H]1CCN1. The van der Waals surface area contributed by atoms with Crippen LogP contribution < -0.4 is 5.32 Å². The van der Waals surface area contributed by atoms with Crippen LogP contribution in [0.1, 0.15) is 6.42 Å². The molecular formula is C4H9ClFN. The van der Waals surface area contributed by atoms with E-state index >= 15 is 0 Å². The van der Waals surface area contributed by atoms with Gasteiger partial charge in [-0.2, -0.15) is 0 Å². The fraction of sp³-hybridized carbons (Fsp3) is 1.00. The van der Waals surface area contributed by atoms with E-state index in [2.05, 4.69) is 5.32 Å². The minimum absolute atomic E-state index is 0. The zero-order valence-corrected chi connectivity index (χ0v) is 4.80. The zero-order valence-electron chi connectivity index (χ0n) is 3.98. The predicted octanol–water partition coefficient (Wildman–Crippen LogP) is 0.740. The topological polar surface area (TPSA) is 12.0 Å². The van der Waals surface area contributed by atoms with Gasteiger partial charge in [-0.15, -0.1) is 12.4 Å². The molecule has 0 aliphatic carbocycles. The van der Waals surface area contributed by atoms with E-state index in [4.69, 9.17) is 0 Å². The highest BCUT2D eigenvalue weighted by Gasteiger charge is 2.14. The molecule has 1 saturated heterocycles. The summed E-state index contributed by atoms with van der Waals surface area (Å²) in [5.41, 5.74) is 0. The van der Waals surface area contributed by atoms with Crippen molar-refractivity contribution >= 4 is 12.4 Å². The molecule has 0 aromatic heterocycles. The summed E-state index contributed by atoms with van der Waals surface area (Å²) in [5.74, 6) is 0. The fourth-order valence-electron chi connectivity index (χ4n) is 0.480. The Morgan fingerprint density at radius 2 is 2.29 bits per heavy atom. The fourth-order valence-corrected chi connectivity index (χ4v) is 0.480. The molecule has 0 bridgehead atoms. The van der Waals surface area contributed by atoms with Gasteiger partial charge in [0.25, 0.3) is 0 Å². The van der Waals surface area contributed by atoms with Gasteiger partial charge in [-0.1, -0.05) is 0 Å². The highest BCUT2D eigenvalue weighted by atomic mass is 35.5. The highest BCUT2D eigenvalue weighted by Crippen LogP contribution is 2.00. The van der Waals surface area contributed by atoms with E-state index in [0.29, 0.717) is 0 Å². The average Bonchev–Trinajstić information content (AvgIpc) is 1.31. The zero-order chi connectivity index (χ0) is 4.41. The van der Waals surface area contributed by atoms with Crippen LogP contribution in [-0.4, -0.2) is 19.3 Å². The molecule has 1 fully saturated rings.